The number of carboxylic acids is 1. The van der Waals surface area contributed by atoms with E-state index in [1.54, 1.807) is 0 Å². The van der Waals surface area contributed by atoms with Crippen molar-refractivity contribution in [2.45, 2.75) is 0 Å². The standard InChI is InChI=1S/C30H25FN2O3S/c1-32(23-10-6-3-7-11-23)16-17-33(37)26-19-27-25(18-24(26)20-8-4-2-5-9-20)28(30(34)35)29(36-27)21-12-14-22(31)15-13-21/h2-15,18-19,37H,16-17H2,1H3,(H,34,35). The van der Waals surface area contributed by atoms with Gasteiger partial charge in [0.05, 0.1) is 5.69 Å². The van der Waals surface area contributed by atoms with E-state index in [-0.39, 0.29) is 11.3 Å². The van der Waals surface area contributed by atoms with Gasteiger partial charge in [0.15, 0.2) is 0 Å². The molecule has 0 aliphatic rings. The Morgan fingerprint density at radius 2 is 1.54 bits per heavy atom. The molecule has 0 unspecified atom stereocenters. The molecule has 0 bridgehead atoms. The third-order valence-corrected chi connectivity index (χ3v) is 6.75. The third kappa shape index (κ3) is 5.04. The van der Waals surface area contributed by atoms with Crippen LogP contribution in [0.15, 0.2) is 101 Å². The Hall–Kier alpha value is -4.23. The van der Waals surface area contributed by atoms with Crippen molar-refractivity contribution in [3.63, 3.8) is 0 Å². The van der Waals surface area contributed by atoms with Gasteiger partial charge < -0.3 is 18.7 Å². The van der Waals surface area contributed by atoms with Crippen molar-refractivity contribution in [3.05, 3.63) is 108 Å². The van der Waals surface area contributed by atoms with Crippen LogP contribution < -0.4 is 9.21 Å². The molecule has 0 amide bonds. The van der Waals surface area contributed by atoms with Crippen LogP contribution in [-0.4, -0.2) is 31.2 Å². The van der Waals surface area contributed by atoms with Crippen molar-refractivity contribution in [1.82, 2.24) is 0 Å². The second kappa shape index (κ2) is 10.4. The van der Waals surface area contributed by atoms with Crippen molar-refractivity contribution >= 4 is 41.1 Å². The van der Waals surface area contributed by atoms with E-state index in [4.69, 9.17) is 17.2 Å². The predicted molar refractivity (Wildman–Crippen MR) is 150 cm³/mol. The van der Waals surface area contributed by atoms with Gasteiger partial charge in [-0.05, 0) is 48.0 Å². The lowest BCUT2D eigenvalue weighted by molar-refractivity contribution is 0.0699. The Balaban J connectivity index is 1.60. The number of aromatic carboxylic acids is 1. The minimum atomic E-state index is -1.11. The van der Waals surface area contributed by atoms with E-state index in [9.17, 15) is 14.3 Å². The SMILES string of the molecule is CN(CCN(S)c1cc2oc(-c3ccc(F)cc3)c(C(=O)O)c2cc1-c1ccccc1)c1ccccc1. The molecule has 186 valence electrons. The third-order valence-electron chi connectivity index (χ3n) is 6.33. The summed E-state index contributed by atoms with van der Waals surface area (Å²) >= 11 is 4.81. The zero-order chi connectivity index (χ0) is 25.9. The van der Waals surface area contributed by atoms with Crippen LogP contribution in [0, 0.1) is 5.82 Å². The van der Waals surface area contributed by atoms with E-state index in [0.29, 0.717) is 29.6 Å². The largest absolute Gasteiger partial charge is 0.478 e. The van der Waals surface area contributed by atoms with Crippen LogP contribution in [0.1, 0.15) is 10.4 Å². The molecule has 4 aromatic carbocycles. The second-order valence-corrected chi connectivity index (χ2v) is 9.21. The smallest absolute Gasteiger partial charge is 0.340 e. The molecule has 0 atom stereocenters. The number of furan rings is 1. The molecule has 5 rings (SSSR count). The van der Waals surface area contributed by atoms with Crippen LogP contribution in [0.2, 0.25) is 0 Å². The molecule has 0 fully saturated rings. The molecule has 0 aliphatic carbocycles. The van der Waals surface area contributed by atoms with Gasteiger partial charge in [-0.2, -0.15) is 0 Å². The van der Waals surface area contributed by atoms with E-state index >= 15 is 0 Å². The molecule has 1 heterocycles. The summed E-state index contributed by atoms with van der Waals surface area (Å²) in [4.78, 5) is 14.5. The molecule has 0 saturated heterocycles. The predicted octanol–water partition coefficient (Wildman–Crippen LogP) is 7.39. The molecule has 0 aliphatic heterocycles. The molecule has 1 N–H and O–H groups in total. The van der Waals surface area contributed by atoms with Crippen LogP contribution >= 0.6 is 12.8 Å². The van der Waals surface area contributed by atoms with Gasteiger partial charge in [-0.15, -0.1) is 0 Å². The molecule has 1 aromatic heterocycles. The monoisotopic (exact) mass is 512 g/mol. The van der Waals surface area contributed by atoms with Crippen LogP contribution in [0.5, 0.6) is 0 Å². The van der Waals surface area contributed by atoms with Crippen LogP contribution in [0.25, 0.3) is 33.4 Å². The topological polar surface area (TPSA) is 56.9 Å². The number of rotatable bonds is 8. The molecule has 0 saturated carbocycles. The average Bonchev–Trinajstić information content (AvgIpc) is 3.31. The number of para-hydroxylation sites is 1. The zero-order valence-electron chi connectivity index (χ0n) is 20.1. The molecule has 0 radical (unpaired) electrons. The van der Waals surface area contributed by atoms with Gasteiger partial charge in [0.1, 0.15) is 22.7 Å². The maximum Gasteiger partial charge on any atom is 0.340 e. The van der Waals surface area contributed by atoms with E-state index in [2.05, 4.69) is 17.0 Å². The van der Waals surface area contributed by atoms with Crippen molar-refractivity contribution in [2.24, 2.45) is 0 Å². The molecule has 5 aromatic rings. The number of thiol groups is 1. The fraction of sp³-hybridized carbons (Fsp3) is 0.100. The van der Waals surface area contributed by atoms with Crippen LogP contribution in [0.4, 0.5) is 15.8 Å². The van der Waals surface area contributed by atoms with Crippen molar-refractivity contribution in [2.75, 3.05) is 29.3 Å². The first kappa shape index (κ1) is 24.5. The average molecular weight is 513 g/mol. The van der Waals surface area contributed by atoms with E-state index in [1.165, 1.54) is 24.3 Å². The van der Waals surface area contributed by atoms with Crippen molar-refractivity contribution < 1.29 is 18.7 Å². The first-order chi connectivity index (χ1) is 17.9. The summed E-state index contributed by atoms with van der Waals surface area (Å²) in [7, 11) is 2.03. The van der Waals surface area contributed by atoms with Crippen molar-refractivity contribution in [3.8, 4) is 22.5 Å². The number of carbonyl (C=O) groups is 1. The molecular weight excluding hydrogens is 487 g/mol. The summed E-state index contributed by atoms with van der Waals surface area (Å²) in [6, 6.07) is 29.1. The summed E-state index contributed by atoms with van der Waals surface area (Å²) in [5, 5.41) is 10.6. The van der Waals surface area contributed by atoms with Crippen molar-refractivity contribution in [1.29, 1.82) is 0 Å². The second-order valence-electron chi connectivity index (χ2n) is 8.73. The van der Waals surface area contributed by atoms with E-state index in [0.717, 1.165) is 22.5 Å². The fourth-order valence-electron chi connectivity index (χ4n) is 4.39. The fourth-order valence-corrected chi connectivity index (χ4v) is 4.64. The highest BCUT2D eigenvalue weighted by atomic mass is 32.1. The quantitative estimate of drug-likeness (QED) is 0.212. The Labute approximate surface area is 219 Å². The summed E-state index contributed by atoms with van der Waals surface area (Å²) in [5.74, 6) is -1.33. The molecule has 37 heavy (non-hydrogen) atoms. The van der Waals surface area contributed by atoms with Gasteiger partial charge >= 0.3 is 5.97 Å². The Bertz CT molecular complexity index is 1540. The normalized spacial score (nSPS) is 11.0. The number of likely N-dealkylation sites (N-methyl/N-ethyl adjacent to an activating group) is 1. The lowest BCUT2D eigenvalue weighted by Crippen LogP contribution is -2.28. The number of benzene rings is 4. The summed E-state index contributed by atoms with van der Waals surface area (Å²) in [6.45, 7) is 1.30. The maximum absolute atomic E-state index is 13.5. The number of fused-ring (bicyclic) bond motifs is 1. The first-order valence-electron chi connectivity index (χ1n) is 11.8. The summed E-state index contributed by atoms with van der Waals surface area (Å²) in [5.41, 5.74) is 4.60. The number of anilines is 2. The number of carboxylic acid groups (broad SMARTS) is 1. The Morgan fingerprint density at radius 3 is 2.19 bits per heavy atom. The van der Waals surface area contributed by atoms with Gasteiger partial charge in [-0.25, -0.2) is 9.18 Å². The number of hydrogen-bond donors (Lipinski definition) is 2. The number of nitrogens with zero attached hydrogens (tertiary/aromatic N) is 2. The van der Waals surface area contributed by atoms with Gasteiger partial charge in [-0.3, -0.25) is 0 Å². The van der Waals surface area contributed by atoms with Gasteiger partial charge in [0.2, 0.25) is 0 Å². The minimum Gasteiger partial charge on any atom is -0.478 e. The highest BCUT2D eigenvalue weighted by Crippen LogP contribution is 2.41. The first-order valence-corrected chi connectivity index (χ1v) is 12.2. The number of hydrogen-bond acceptors (Lipinski definition) is 5. The lowest BCUT2D eigenvalue weighted by Gasteiger charge is -2.25. The van der Waals surface area contributed by atoms with E-state index in [1.807, 2.05) is 72.0 Å². The summed E-state index contributed by atoms with van der Waals surface area (Å²) in [6.07, 6.45) is 0. The zero-order valence-corrected chi connectivity index (χ0v) is 21.0. The molecular formula is C30H25FN2O3S. The van der Waals surface area contributed by atoms with Gasteiger partial charge in [0, 0.05) is 48.4 Å². The highest BCUT2D eigenvalue weighted by Gasteiger charge is 2.24. The van der Waals surface area contributed by atoms with Gasteiger partial charge in [0.25, 0.3) is 0 Å². The van der Waals surface area contributed by atoms with Crippen LogP contribution in [-0.2, 0) is 0 Å². The Morgan fingerprint density at radius 1 is 0.892 bits per heavy atom. The molecule has 7 heteroatoms. The lowest BCUT2D eigenvalue weighted by atomic mass is 9.98. The minimum absolute atomic E-state index is 0.0415. The van der Waals surface area contributed by atoms with Crippen LogP contribution in [0.3, 0.4) is 0 Å². The van der Waals surface area contributed by atoms with Gasteiger partial charge in [-0.1, -0.05) is 61.3 Å². The summed E-state index contributed by atoms with van der Waals surface area (Å²) < 4.78 is 21.5. The molecule has 5 nitrogen and oxygen atoms in total. The Kier molecular flexibility index (Phi) is 6.88. The highest BCUT2D eigenvalue weighted by molar-refractivity contribution is 7.81. The maximum atomic E-state index is 13.5. The number of halogens is 1. The molecule has 0 spiro atoms. The van der Waals surface area contributed by atoms with E-state index < -0.39 is 11.8 Å².